The van der Waals surface area contributed by atoms with Gasteiger partial charge in [0.15, 0.2) is 0 Å². The summed E-state index contributed by atoms with van der Waals surface area (Å²) in [7, 11) is -3.69. The number of sulfonamides is 1. The molecule has 0 atom stereocenters. The summed E-state index contributed by atoms with van der Waals surface area (Å²) in [5.74, 6) is 0.579. The minimum absolute atomic E-state index is 0. The average Bonchev–Trinajstić information content (AvgIpc) is 3.72. The predicted molar refractivity (Wildman–Crippen MR) is 166 cm³/mol. The summed E-state index contributed by atoms with van der Waals surface area (Å²) in [5.41, 5.74) is 2.30. The number of hydrogen-bond donors (Lipinski definition) is 1. The van der Waals surface area contributed by atoms with E-state index in [0.29, 0.717) is 15.8 Å². The number of H-pyrrole nitrogens is 1. The van der Waals surface area contributed by atoms with Crippen LogP contribution in [0, 0.1) is 0 Å². The first-order valence-electron chi connectivity index (χ1n) is 13.2. The van der Waals surface area contributed by atoms with Crippen molar-refractivity contribution in [2.45, 2.75) is 57.0 Å². The molecule has 1 aliphatic heterocycles. The minimum Gasteiger partial charge on any atom is -0.473 e. The monoisotopic (exact) mass is 610 g/mol. The van der Waals surface area contributed by atoms with Crippen LogP contribution in [0.5, 0.6) is 5.88 Å². The molecule has 216 valence electrons. The molecule has 5 heterocycles. The first kappa shape index (κ1) is 29.2. The van der Waals surface area contributed by atoms with Crippen LogP contribution in [-0.2, 0) is 16.6 Å². The number of thiazole rings is 1. The van der Waals surface area contributed by atoms with E-state index in [0.717, 1.165) is 54.1 Å². The van der Waals surface area contributed by atoms with Gasteiger partial charge in [-0.2, -0.15) is 0 Å². The predicted octanol–water partition coefficient (Wildman–Crippen LogP) is 6.43. The summed E-state index contributed by atoms with van der Waals surface area (Å²) in [6.07, 6.45) is 8.91. The molecule has 1 aromatic carbocycles. The Hall–Kier alpha value is -3.32. The van der Waals surface area contributed by atoms with Gasteiger partial charge in [-0.1, -0.05) is 25.6 Å². The molecule has 12 heteroatoms. The fraction of sp³-hybridized carbons (Fsp3) is 0.345. The number of fused-ring (bicyclic) bond motifs is 1. The van der Waals surface area contributed by atoms with Gasteiger partial charge in [0, 0.05) is 54.5 Å². The van der Waals surface area contributed by atoms with Crippen molar-refractivity contribution in [1.82, 2.24) is 24.8 Å². The molecule has 0 unspecified atom stereocenters. The molecule has 0 radical (unpaired) electrons. The van der Waals surface area contributed by atoms with E-state index in [1.54, 1.807) is 47.4 Å². The van der Waals surface area contributed by atoms with Crippen LogP contribution in [0.2, 0.25) is 0 Å². The zero-order valence-corrected chi connectivity index (χ0v) is 24.7. The number of rotatable bonds is 9. The summed E-state index contributed by atoms with van der Waals surface area (Å²) < 4.78 is 34.9. The summed E-state index contributed by atoms with van der Waals surface area (Å²) in [6.45, 7) is 6.51. The van der Waals surface area contributed by atoms with E-state index < -0.39 is 10.0 Å². The molecule has 0 aliphatic carbocycles. The summed E-state index contributed by atoms with van der Waals surface area (Å²) in [4.78, 5) is 20.1. The third-order valence-electron chi connectivity index (χ3n) is 6.87. The van der Waals surface area contributed by atoms with Crippen molar-refractivity contribution >= 4 is 49.3 Å². The Morgan fingerprint density at radius 3 is 2.66 bits per heavy atom. The van der Waals surface area contributed by atoms with Gasteiger partial charge in [-0.15, -0.1) is 22.7 Å². The van der Waals surface area contributed by atoms with Crippen molar-refractivity contribution < 1.29 is 13.2 Å². The molecule has 1 fully saturated rings. The molecular formula is C29H34N6O3S3. The molecule has 6 rings (SSSR count). The fourth-order valence-electron chi connectivity index (χ4n) is 5.06. The maximum Gasteiger partial charge on any atom is 0.274 e. The fourth-order valence-corrected chi connectivity index (χ4v) is 8.74. The summed E-state index contributed by atoms with van der Waals surface area (Å²) in [6, 6.07) is 11.0. The van der Waals surface area contributed by atoms with E-state index >= 15 is 0 Å². The Morgan fingerprint density at radius 2 is 1.95 bits per heavy atom. The van der Waals surface area contributed by atoms with Crippen LogP contribution < -0.4 is 9.04 Å². The van der Waals surface area contributed by atoms with Crippen molar-refractivity contribution in [3.63, 3.8) is 0 Å². The SMILES string of the molecule is C.CC(C)N(c1cccc2cc(-c3ncc(CN4CCC(Oc5cnccn5)CC4)s3)[nH]c12)S(=O)(=O)c1cccs1. The topological polar surface area (TPSA) is 104 Å². The Labute approximate surface area is 248 Å². The Balaban J connectivity index is 0.00000337. The highest BCUT2D eigenvalue weighted by molar-refractivity contribution is 7.94. The lowest BCUT2D eigenvalue weighted by atomic mass is 10.1. The van der Waals surface area contributed by atoms with E-state index in [4.69, 9.17) is 9.72 Å². The number of likely N-dealkylation sites (tertiary alicyclic amines) is 1. The molecule has 0 amide bonds. The molecule has 41 heavy (non-hydrogen) atoms. The first-order valence-corrected chi connectivity index (χ1v) is 16.3. The Bertz CT molecular complexity index is 1680. The summed E-state index contributed by atoms with van der Waals surface area (Å²) >= 11 is 2.89. The molecule has 5 aromatic rings. The standard InChI is InChI=1S/C28H30N6O3S3.CH4/c1-19(2)34(40(35,36)26-7-4-14-38-26)24-6-3-5-20-15-23(32-27(20)24)28-31-16-22(39-28)18-33-12-8-21(9-13-33)37-25-17-29-10-11-30-25;/h3-7,10-11,14-17,19,21,32H,8-9,12-13,18H2,1-2H3;1H4. The van der Waals surface area contributed by atoms with Gasteiger partial charge in [0.2, 0.25) is 5.88 Å². The zero-order chi connectivity index (χ0) is 27.7. The lowest BCUT2D eigenvalue weighted by Crippen LogP contribution is -2.37. The summed E-state index contributed by atoms with van der Waals surface area (Å²) in [5, 5.41) is 3.62. The van der Waals surface area contributed by atoms with E-state index in [1.165, 1.54) is 20.5 Å². The van der Waals surface area contributed by atoms with Gasteiger partial charge in [-0.3, -0.25) is 14.2 Å². The maximum absolute atomic E-state index is 13.6. The Morgan fingerprint density at radius 1 is 1.12 bits per heavy atom. The number of nitrogens with one attached hydrogen (secondary N) is 1. The lowest BCUT2D eigenvalue weighted by Gasteiger charge is -2.31. The van der Waals surface area contributed by atoms with E-state index in [1.807, 2.05) is 44.3 Å². The lowest BCUT2D eigenvalue weighted by molar-refractivity contribution is 0.0934. The average molecular weight is 611 g/mol. The van der Waals surface area contributed by atoms with Crippen molar-refractivity contribution in [2.75, 3.05) is 17.4 Å². The minimum atomic E-state index is -3.69. The second-order valence-corrected chi connectivity index (χ2v) is 14.1. The number of nitrogens with zero attached hydrogens (tertiary/aromatic N) is 5. The van der Waals surface area contributed by atoms with Gasteiger partial charge in [-0.25, -0.2) is 18.4 Å². The van der Waals surface area contributed by atoms with Gasteiger partial charge in [0.25, 0.3) is 10.0 Å². The van der Waals surface area contributed by atoms with Gasteiger partial charge < -0.3 is 9.72 Å². The van der Waals surface area contributed by atoms with Crippen LogP contribution >= 0.6 is 22.7 Å². The zero-order valence-electron chi connectivity index (χ0n) is 22.2. The van der Waals surface area contributed by atoms with Gasteiger partial charge in [-0.05, 0) is 50.3 Å². The van der Waals surface area contributed by atoms with Crippen molar-refractivity contribution in [2.24, 2.45) is 0 Å². The van der Waals surface area contributed by atoms with Crippen LogP contribution in [0.4, 0.5) is 5.69 Å². The number of para-hydroxylation sites is 1. The number of ether oxygens (including phenoxy) is 1. The maximum atomic E-state index is 13.6. The second kappa shape index (κ2) is 12.3. The van der Waals surface area contributed by atoms with Crippen molar-refractivity contribution in [3.8, 4) is 16.6 Å². The van der Waals surface area contributed by atoms with Crippen LogP contribution in [0.3, 0.4) is 0 Å². The highest BCUT2D eigenvalue weighted by Gasteiger charge is 2.30. The molecule has 1 aliphatic rings. The smallest absolute Gasteiger partial charge is 0.274 e. The largest absolute Gasteiger partial charge is 0.473 e. The van der Waals surface area contributed by atoms with E-state index in [9.17, 15) is 8.42 Å². The molecule has 1 saturated heterocycles. The molecule has 0 saturated carbocycles. The van der Waals surface area contributed by atoms with Gasteiger partial charge in [0.05, 0.1) is 23.1 Å². The third kappa shape index (κ3) is 6.15. The van der Waals surface area contributed by atoms with Crippen LogP contribution in [0.1, 0.15) is 39.0 Å². The highest BCUT2D eigenvalue weighted by atomic mass is 32.2. The first-order chi connectivity index (χ1) is 19.4. The van der Waals surface area contributed by atoms with Crippen LogP contribution in [0.15, 0.2) is 70.8 Å². The second-order valence-electron chi connectivity index (χ2n) is 10.0. The number of hydrogen-bond acceptors (Lipinski definition) is 9. The highest BCUT2D eigenvalue weighted by Crippen LogP contribution is 2.36. The molecule has 4 aromatic heterocycles. The molecule has 9 nitrogen and oxygen atoms in total. The number of aromatic amines is 1. The quantitative estimate of drug-likeness (QED) is 0.205. The molecular weight excluding hydrogens is 577 g/mol. The number of piperidine rings is 1. The van der Waals surface area contributed by atoms with Gasteiger partial charge in [0.1, 0.15) is 15.3 Å². The normalized spacial score (nSPS) is 14.8. The number of benzene rings is 1. The van der Waals surface area contributed by atoms with E-state index in [-0.39, 0.29) is 19.6 Å². The third-order valence-corrected chi connectivity index (χ3v) is 11.3. The number of aromatic nitrogens is 4. The number of thiophene rings is 1. The molecule has 1 N–H and O–H groups in total. The van der Waals surface area contributed by atoms with Crippen LogP contribution in [0.25, 0.3) is 21.6 Å². The van der Waals surface area contributed by atoms with Crippen LogP contribution in [-0.4, -0.2) is 58.5 Å². The van der Waals surface area contributed by atoms with E-state index in [2.05, 4.69) is 19.9 Å². The molecule has 0 spiro atoms. The van der Waals surface area contributed by atoms with Crippen molar-refractivity contribution in [3.05, 3.63) is 71.4 Å². The molecule has 0 bridgehead atoms. The van der Waals surface area contributed by atoms with Gasteiger partial charge >= 0.3 is 0 Å². The number of anilines is 1. The van der Waals surface area contributed by atoms with Crippen molar-refractivity contribution in [1.29, 1.82) is 0 Å². The Kier molecular flexibility index (Phi) is 8.74.